The molecule has 3 unspecified atom stereocenters. The molecule has 0 aromatic carbocycles. The number of rotatable bonds is 4. The van der Waals surface area contributed by atoms with E-state index in [1.165, 1.54) is 25.7 Å². The summed E-state index contributed by atoms with van der Waals surface area (Å²) < 4.78 is 6.00. The minimum atomic E-state index is -0.579. The van der Waals surface area contributed by atoms with Crippen molar-refractivity contribution in [2.24, 2.45) is 17.8 Å². The first-order chi connectivity index (χ1) is 7.07. The van der Waals surface area contributed by atoms with E-state index in [0.717, 1.165) is 12.3 Å². The molecule has 0 amide bonds. The number of hydrogen-bond donors (Lipinski definition) is 1. The van der Waals surface area contributed by atoms with Gasteiger partial charge in [-0.1, -0.05) is 20.8 Å². The van der Waals surface area contributed by atoms with Gasteiger partial charge in [-0.2, -0.15) is 0 Å². The second-order valence-corrected chi connectivity index (χ2v) is 5.75. The molecule has 2 fully saturated rings. The van der Waals surface area contributed by atoms with Crippen LogP contribution in [0.5, 0.6) is 0 Å². The minimum Gasteiger partial charge on any atom is -0.368 e. The first kappa shape index (κ1) is 11.4. The van der Waals surface area contributed by atoms with E-state index < -0.39 is 6.29 Å². The van der Waals surface area contributed by atoms with Gasteiger partial charge < -0.3 is 9.84 Å². The van der Waals surface area contributed by atoms with E-state index in [4.69, 9.17) is 4.74 Å². The molecule has 2 rings (SSSR count). The average Bonchev–Trinajstić information content (AvgIpc) is 2.77. The lowest BCUT2D eigenvalue weighted by atomic mass is 9.82. The Labute approximate surface area is 93.0 Å². The van der Waals surface area contributed by atoms with Crippen molar-refractivity contribution in [1.82, 2.24) is 0 Å². The molecule has 2 heteroatoms. The Morgan fingerprint density at radius 2 is 2.13 bits per heavy atom. The zero-order chi connectivity index (χ0) is 11.1. The molecule has 0 heterocycles. The fourth-order valence-corrected chi connectivity index (χ4v) is 3.43. The van der Waals surface area contributed by atoms with Crippen LogP contribution in [-0.2, 0) is 4.74 Å². The number of ether oxygens (including phenoxy) is 1. The normalized spacial score (nSPS) is 41.4. The topological polar surface area (TPSA) is 29.5 Å². The Morgan fingerprint density at radius 3 is 2.53 bits per heavy atom. The van der Waals surface area contributed by atoms with E-state index in [9.17, 15) is 5.11 Å². The van der Waals surface area contributed by atoms with Gasteiger partial charge in [0, 0.05) is 5.92 Å². The molecule has 15 heavy (non-hydrogen) atoms. The molecule has 4 atom stereocenters. The molecular weight excluding hydrogens is 188 g/mol. The van der Waals surface area contributed by atoms with Gasteiger partial charge in [0.15, 0.2) is 6.29 Å². The second kappa shape index (κ2) is 4.06. The SMILES string of the molecule is CCC1(O[C@H](O)C(C)C)CC2CCC1C2. The Hall–Kier alpha value is -0.0800. The molecule has 88 valence electrons. The lowest BCUT2D eigenvalue weighted by Crippen LogP contribution is -2.42. The zero-order valence-corrected chi connectivity index (χ0v) is 10.2. The molecule has 2 aliphatic carbocycles. The molecule has 0 spiro atoms. The van der Waals surface area contributed by atoms with Gasteiger partial charge in [0.25, 0.3) is 0 Å². The number of fused-ring (bicyclic) bond motifs is 2. The van der Waals surface area contributed by atoms with Crippen LogP contribution in [0, 0.1) is 17.8 Å². The third-order valence-electron chi connectivity index (χ3n) is 4.44. The largest absolute Gasteiger partial charge is 0.368 e. The van der Waals surface area contributed by atoms with Crippen molar-refractivity contribution >= 4 is 0 Å². The monoisotopic (exact) mass is 212 g/mol. The van der Waals surface area contributed by atoms with Crippen molar-refractivity contribution in [3.05, 3.63) is 0 Å². The third kappa shape index (κ3) is 1.94. The van der Waals surface area contributed by atoms with Crippen LogP contribution in [0.3, 0.4) is 0 Å². The summed E-state index contributed by atoms with van der Waals surface area (Å²) in [5.41, 5.74) is 0.00655. The van der Waals surface area contributed by atoms with Crippen LogP contribution in [0.1, 0.15) is 52.9 Å². The lowest BCUT2D eigenvalue weighted by molar-refractivity contribution is -0.222. The quantitative estimate of drug-likeness (QED) is 0.726. The highest BCUT2D eigenvalue weighted by molar-refractivity contribution is 5.01. The van der Waals surface area contributed by atoms with E-state index >= 15 is 0 Å². The van der Waals surface area contributed by atoms with Crippen LogP contribution in [0.25, 0.3) is 0 Å². The van der Waals surface area contributed by atoms with Crippen molar-refractivity contribution < 1.29 is 9.84 Å². The van der Waals surface area contributed by atoms with Crippen LogP contribution in [-0.4, -0.2) is 17.0 Å². The molecule has 2 bridgehead atoms. The van der Waals surface area contributed by atoms with Gasteiger partial charge in [-0.25, -0.2) is 0 Å². The zero-order valence-electron chi connectivity index (χ0n) is 10.2. The van der Waals surface area contributed by atoms with Crippen molar-refractivity contribution in [2.75, 3.05) is 0 Å². The summed E-state index contributed by atoms with van der Waals surface area (Å²) >= 11 is 0. The van der Waals surface area contributed by atoms with Crippen molar-refractivity contribution in [1.29, 1.82) is 0 Å². The first-order valence-corrected chi connectivity index (χ1v) is 6.43. The maximum absolute atomic E-state index is 9.89. The predicted octanol–water partition coefficient (Wildman–Crippen LogP) is 2.95. The molecule has 1 N–H and O–H groups in total. The van der Waals surface area contributed by atoms with E-state index in [2.05, 4.69) is 6.92 Å². The van der Waals surface area contributed by atoms with Crippen molar-refractivity contribution in [2.45, 2.75) is 64.8 Å². The molecule has 2 nitrogen and oxygen atoms in total. The minimum absolute atomic E-state index is 0.00655. The van der Waals surface area contributed by atoms with Gasteiger partial charge in [-0.3, -0.25) is 0 Å². The summed E-state index contributed by atoms with van der Waals surface area (Å²) in [7, 11) is 0. The van der Waals surface area contributed by atoms with E-state index in [0.29, 0.717) is 5.92 Å². The summed E-state index contributed by atoms with van der Waals surface area (Å²) in [6.45, 7) is 6.23. The maximum atomic E-state index is 9.89. The first-order valence-electron chi connectivity index (χ1n) is 6.43. The number of aliphatic hydroxyl groups is 1. The van der Waals surface area contributed by atoms with E-state index in [1.807, 2.05) is 13.8 Å². The smallest absolute Gasteiger partial charge is 0.157 e. The summed E-state index contributed by atoms with van der Waals surface area (Å²) in [6, 6.07) is 0. The predicted molar refractivity (Wildman–Crippen MR) is 60.4 cm³/mol. The van der Waals surface area contributed by atoms with Crippen LogP contribution >= 0.6 is 0 Å². The standard InChI is InChI=1S/C13H24O2/c1-4-13(15-12(14)9(2)3)8-10-5-6-11(13)7-10/h9-12,14H,4-8H2,1-3H3/t10?,11?,12-,13?/m0/s1. The van der Waals surface area contributed by atoms with Crippen LogP contribution in [0.4, 0.5) is 0 Å². The van der Waals surface area contributed by atoms with Gasteiger partial charge in [0.1, 0.15) is 0 Å². The van der Waals surface area contributed by atoms with Gasteiger partial charge >= 0.3 is 0 Å². The molecule has 2 aliphatic rings. The van der Waals surface area contributed by atoms with E-state index in [-0.39, 0.29) is 11.5 Å². The van der Waals surface area contributed by atoms with E-state index in [1.54, 1.807) is 0 Å². The summed E-state index contributed by atoms with van der Waals surface area (Å²) in [5.74, 6) is 1.78. The summed E-state index contributed by atoms with van der Waals surface area (Å²) in [6.07, 6.45) is 5.68. The fourth-order valence-electron chi connectivity index (χ4n) is 3.43. The Bertz CT molecular complexity index is 227. The van der Waals surface area contributed by atoms with Gasteiger partial charge in [-0.05, 0) is 43.9 Å². The molecule has 2 saturated carbocycles. The highest BCUT2D eigenvalue weighted by Gasteiger charge is 2.51. The Kier molecular flexibility index (Phi) is 3.09. The van der Waals surface area contributed by atoms with Crippen LogP contribution < -0.4 is 0 Å². The molecule has 0 saturated heterocycles. The van der Waals surface area contributed by atoms with Crippen molar-refractivity contribution in [3.8, 4) is 0 Å². The van der Waals surface area contributed by atoms with Gasteiger partial charge in [0.2, 0.25) is 0 Å². The van der Waals surface area contributed by atoms with Crippen LogP contribution in [0.2, 0.25) is 0 Å². The average molecular weight is 212 g/mol. The summed E-state index contributed by atoms with van der Waals surface area (Å²) in [5, 5.41) is 9.89. The lowest BCUT2D eigenvalue weighted by Gasteiger charge is -2.39. The number of hydrogen-bond acceptors (Lipinski definition) is 2. The fraction of sp³-hybridized carbons (Fsp3) is 1.00. The van der Waals surface area contributed by atoms with Crippen molar-refractivity contribution in [3.63, 3.8) is 0 Å². The highest BCUT2D eigenvalue weighted by Crippen LogP contribution is 2.54. The third-order valence-corrected chi connectivity index (χ3v) is 4.44. The number of aliphatic hydroxyl groups excluding tert-OH is 1. The molecular formula is C13H24O2. The molecule has 0 radical (unpaired) electrons. The molecule has 0 aliphatic heterocycles. The van der Waals surface area contributed by atoms with Crippen LogP contribution in [0.15, 0.2) is 0 Å². The maximum Gasteiger partial charge on any atom is 0.157 e. The highest BCUT2D eigenvalue weighted by atomic mass is 16.6. The Balaban J connectivity index is 2.03. The molecule has 0 aromatic heterocycles. The second-order valence-electron chi connectivity index (χ2n) is 5.75. The summed E-state index contributed by atoms with van der Waals surface area (Å²) in [4.78, 5) is 0. The molecule has 0 aromatic rings. The van der Waals surface area contributed by atoms with Gasteiger partial charge in [-0.15, -0.1) is 0 Å². The Morgan fingerprint density at radius 1 is 1.40 bits per heavy atom. The van der Waals surface area contributed by atoms with Gasteiger partial charge in [0.05, 0.1) is 5.60 Å².